The van der Waals surface area contributed by atoms with Crippen LogP contribution in [-0.4, -0.2) is 14.2 Å². The van der Waals surface area contributed by atoms with Gasteiger partial charge < -0.3 is 9.47 Å². The van der Waals surface area contributed by atoms with Crippen molar-refractivity contribution >= 4 is 0 Å². The SMILES string of the molecule is COc1ccc(-c2ccc(OC)c(-c3ccccc3)c2)cc1. The molecule has 0 unspecified atom stereocenters. The van der Waals surface area contributed by atoms with E-state index in [0.29, 0.717) is 0 Å². The first-order chi connectivity index (χ1) is 10.8. The second-order valence-corrected chi connectivity index (χ2v) is 5.01. The zero-order valence-corrected chi connectivity index (χ0v) is 12.7. The van der Waals surface area contributed by atoms with Crippen molar-refractivity contribution in [3.8, 4) is 33.8 Å². The van der Waals surface area contributed by atoms with Gasteiger partial charge in [0.1, 0.15) is 11.5 Å². The molecule has 0 spiro atoms. The average Bonchev–Trinajstić information content (AvgIpc) is 2.62. The predicted octanol–water partition coefficient (Wildman–Crippen LogP) is 5.04. The highest BCUT2D eigenvalue weighted by Gasteiger charge is 2.08. The van der Waals surface area contributed by atoms with Gasteiger partial charge in [0, 0.05) is 5.56 Å². The maximum Gasteiger partial charge on any atom is 0.126 e. The summed E-state index contributed by atoms with van der Waals surface area (Å²) in [7, 11) is 3.38. The zero-order chi connectivity index (χ0) is 15.4. The summed E-state index contributed by atoms with van der Waals surface area (Å²) in [4.78, 5) is 0. The van der Waals surface area contributed by atoms with Crippen LogP contribution in [0, 0.1) is 0 Å². The molecular formula is C20H18O2. The number of hydrogen-bond acceptors (Lipinski definition) is 2. The van der Waals surface area contributed by atoms with Gasteiger partial charge in [-0.25, -0.2) is 0 Å². The molecule has 0 atom stereocenters. The van der Waals surface area contributed by atoms with Crippen molar-refractivity contribution in [1.82, 2.24) is 0 Å². The molecule has 3 aromatic rings. The topological polar surface area (TPSA) is 18.5 Å². The lowest BCUT2D eigenvalue weighted by atomic mass is 9.98. The number of rotatable bonds is 4. The third-order valence-corrected chi connectivity index (χ3v) is 3.71. The van der Waals surface area contributed by atoms with E-state index in [1.54, 1.807) is 14.2 Å². The van der Waals surface area contributed by atoms with E-state index >= 15 is 0 Å². The third kappa shape index (κ3) is 2.82. The molecule has 0 aliphatic carbocycles. The average molecular weight is 290 g/mol. The lowest BCUT2D eigenvalue weighted by Crippen LogP contribution is -1.89. The molecule has 2 heteroatoms. The van der Waals surface area contributed by atoms with Gasteiger partial charge in [-0.3, -0.25) is 0 Å². The summed E-state index contributed by atoms with van der Waals surface area (Å²) < 4.78 is 10.7. The summed E-state index contributed by atoms with van der Waals surface area (Å²) in [6.45, 7) is 0. The highest BCUT2D eigenvalue weighted by Crippen LogP contribution is 2.34. The molecule has 0 aromatic heterocycles. The summed E-state index contributed by atoms with van der Waals surface area (Å²) in [6, 6.07) is 24.6. The summed E-state index contributed by atoms with van der Waals surface area (Å²) in [6.07, 6.45) is 0. The van der Waals surface area contributed by atoms with Crippen LogP contribution >= 0.6 is 0 Å². The predicted molar refractivity (Wildman–Crippen MR) is 90.4 cm³/mol. The first-order valence-corrected chi connectivity index (χ1v) is 7.19. The van der Waals surface area contributed by atoms with Crippen LogP contribution in [0.3, 0.4) is 0 Å². The molecule has 0 aliphatic rings. The van der Waals surface area contributed by atoms with E-state index in [4.69, 9.17) is 9.47 Å². The minimum Gasteiger partial charge on any atom is -0.497 e. The van der Waals surface area contributed by atoms with E-state index in [9.17, 15) is 0 Å². The Bertz CT molecular complexity index is 746. The van der Waals surface area contributed by atoms with Crippen molar-refractivity contribution < 1.29 is 9.47 Å². The summed E-state index contributed by atoms with van der Waals surface area (Å²) in [5.41, 5.74) is 4.55. The molecule has 0 aliphatic heterocycles. The maximum absolute atomic E-state index is 5.51. The van der Waals surface area contributed by atoms with E-state index < -0.39 is 0 Å². The molecule has 110 valence electrons. The fourth-order valence-corrected chi connectivity index (χ4v) is 2.51. The second-order valence-electron chi connectivity index (χ2n) is 5.01. The maximum atomic E-state index is 5.51. The highest BCUT2D eigenvalue weighted by molar-refractivity contribution is 5.77. The van der Waals surface area contributed by atoms with Gasteiger partial charge in [0.05, 0.1) is 14.2 Å². The monoisotopic (exact) mass is 290 g/mol. The number of benzene rings is 3. The van der Waals surface area contributed by atoms with Gasteiger partial charge in [-0.1, -0.05) is 48.5 Å². The Morgan fingerprint density at radius 1 is 0.591 bits per heavy atom. The Hall–Kier alpha value is -2.74. The molecule has 0 fully saturated rings. The van der Waals surface area contributed by atoms with Crippen LogP contribution in [-0.2, 0) is 0 Å². The molecule has 3 aromatic carbocycles. The Labute approximate surface area is 131 Å². The van der Waals surface area contributed by atoms with Gasteiger partial charge >= 0.3 is 0 Å². The van der Waals surface area contributed by atoms with Gasteiger partial charge in [0.15, 0.2) is 0 Å². The van der Waals surface area contributed by atoms with Crippen molar-refractivity contribution in [2.75, 3.05) is 14.2 Å². The van der Waals surface area contributed by atoms with E-state index in [-0.39, 0.29) is 0 Å². The van der Waals surface area contributed by atoms with Gasteiger partial charge in [0.25, 0.3) is 0 Å². The molecule has 0 saturated carbocycles. The van der Waals surface area contributed by atoms with Crippen LogP contribution < -0.4 is 9.47 Å². The smallest absolute Gasteiger partial charge is 0.126 e. The van der Waals surface area contributed by atoms with Crippen LogP contribution in [0.25, 0.3) is 22.3 Å². The van der Waals surface area contributed by atoms with E-state index in [2.05, 4.69) is 36.4 Å². The van der Waals surface area contributed by atoms with Crippen LogP contribution in [0.2, 0.25) is 0 Å². The molecule has 0 amide bonds. The number of ether oxygens (including phenoxy) is 2. The van der Waals surface area contributed by atoms with E-state index in [1.165, 1.54) is 0 Å². The van der Waals surface area contributed by atoms with Crippen LogP contribution in [0.15, 0.2) is 72.8 Å². The molecular weight excluding hydrogens is 272 g/mol. The first kappa shape index (κ1) is 14.2. The lowest BCUT2D eigenvalue weighted by molar-refractivity contribution is 0.415. The van der Waals surface area contributed by atoms with Gasteiger partial charge in [-0.2, -0.15) is 0 Å². The van der Waals surface area contributed by atoms with Crippen molar-refractivity contribution in [2.24, 2.45) is 0 Å². The molecule has 0 saturated heterocycles. The van der Waals surface area contributed by atoms with Crippen LogP contribution in [0.1, 0.15) is 0 Å². The van der Waals surface area contributed by atoms with Crippen molar-refractivity contribution in [1.29, 1.82) is 0 Å². The summed E-state index contributed by atoms with van der Waals surface area (Å²) >= 11 is 0. The second kappa shape index (κ2) is 6.35. The van der Waals surface area contributed by atoms with Gasteiger partial charge in [0.2, 0.25) is 0 Å². The highest BCUT2D eigenvalue weighted by atomic mass is 16.5. The van der Waals surface area contributed by atoms with Crippen LogP contribution in [0.4, 0.5) is 0 Å². The lowest BCUT2D eigenvalue weighted by Gasteiger charge is -2.11. The number of methoxy groups -OCH3 is 2. The van der Waals surface area contributed by atoms with Crippen molar-refractivity contribution in [2.45, 2.75) is 0 Å². The van der Waals surface area contributed by atoms with E-state index in [1.807, 2.05) is 36.4 Å². The Morgan fingerprint density at radius 2 is 1.27 bits per heavy atom. The largest absolute Gasteiger partial charge is 0.497 e. The molecule has 3 rings (SSSR count). The molecule has 0 radical (unpaired) electrons. The first-order valence-electron chi connectivity index (χ1n) is 7.19. The molecule has 0 N–H and O–H groups in total. The quantitative estimate of drug-likeness (QED) is 0.670. The van der Waals surface area contributed by atoms with Gasteiger partial charge in [-0.05, 0) is 41.0 Å². The molecule has 0 bridgehead atoms. The molecule has 22 heavy (non-hydrogen) atoms. The number of hydrogen-bond donors (Lipinski definition) is 0. The molecule has 0 heterocycles. The van der Waals surface area contributed by atoms with Crippen molar-refractivity contribution in [3.63, 3.8) is 0 Å². The standard InChI is InChI=1S/C20H18O2/c1-21-18-11-8-15(9-12-18)17-10-13-20(22-2)19(14-17)16-6-4-3-5-7-16/h3-14H,1-2H3. The minimum absolute atomic E-state index is 0.862. The Balaban J connectivity index is 2.06. The Kier molecular flexibility index (Phi) is 4.10. The zero-order valence-electron chi connectivity index (χ0n) is 12.7. The molecule has 2 nitrogen and oxygen atoms in total. The van der Waals surface area contributed by atoms with Gasteiger partial charge in [-0.15, -0.1) is 0 Å². The third-order valence-electron chi connectivity index (χ3n) is 3.71. The minimum atomic E-state index is 0.862. The summed E-state index contributed by atoms with van der Waals surface area (Å²) in [5, 5.41) is 0. The fraction of sp³-hybridized carbons (Fsp3) is 0.100. The fourth-order valence-electron chi connectivity index (χ4n) is 2.51. The Morgan fingerprint density at radius 3 is 1.91 bits per heavy atom. The normalized spacial score (nSPS) is 10.3. The van der Waals surface area contributed by atoms with Crippen LogP contribution in [0.5, 0.6) is 11.5 Å². The van der Waals surface area contributed by atoms with Crippen molar-refractivity contribution in [3.05, 3.63) is 72.8 Å². The van der Waals surface area contributed by atoms with E-state index in [0.717, 1.165) is 33.8 Å². The summed E-state index contributed by atoms with van der Waals surface area (Å²) in [5.74, 6) is 1.74.